The highest BCUT2D eigenvalue weighted by atomic mass is 16.5. The molecule has 1 N–H and O–H groups in total. The molecule has 3 heterocycles. The van der Waals surface area contributed by atoms with Crippen LogP contribution in [0.1, 0.15) is 46.7 Å². The molecule has 0 saturated heterocycles. The summed E-state index contributed by atoms with van der Waals surface area (Å²) >= 11 is 0. The number of nitrogens with zero attached hydrogens (tertiary/aromatic N) is 3. The summed E-state index contributed by atoms with van der Waals surface area (Å²) in [7, 11) is 0. The topological polar surface area (TPSA) is 86.1 Å². The molecule has 2 aromatic heterocycles. The molecule has 0 aliphatic carbocycles. The van der Waals surface area contributed by atoms with E-state index in [0.717, 1.165) is 22.4 Å². The third-order valence-electron chi connectivity index (χ3n) is 5.43. The fraction of sp³-hybridized carbons (Fsp3) is 0.304. The molecule has 0 bridgehead atoms. The van der Waals surface area contributed by atoms with Gasteiger partial charge in [0.15, 0.2) is 5.78 Å². The molecule has 1 atom stereocenters. The van der Waals surface area contributed by atoms with Crippen LogP contribution in [0.2, 0.25) is 0 Å². The molecule has 1 aromatic carbocycles. The van der Waals surface area contributed by atoms with Crippen molar-refractivity contribution >= 4 is 11.7 Å². The summed E-state index contributed by atoms with van der Waals surface area (Å²) in [4.78, 5) is 28.7. The van der Waals surface area contributed by atoms with Gasteiger partial charge in [-0.25, -0.2) is 0 Å². The van der Waals surface area contributed by atoms with Crippen molar-refractivity contribution in [3.05, 3.63) is 65.2 Å². The highest BCUT2D eigenvalue weighted by Gasteiger charge is 2.25. The normalized spacial score (nSPS) is 15.2. The summed E-state index contributed by atoms with van der Waals surface area (Å²) in [5, 5.41) is 7.48. The smallest absolute Gasteiger partial charge is 0.242 e. The van der Waals surface area contributed by atoms with Gasteiger partial charge in [0.1, 0.15) is 12.3 Å². The number of carbonyl (C=O) groups excluding carboxylic acids is 2. The maximum atomic E-state index is 12.8. The number of Topliss-reactive ketones (excluding diaryl/α,β-unsaturated/α-hetero) is 1. The summed E-state index contributed by atoms with van der Waals surface area (Å²) in [6.45, 7) is 5.72. The number of fused-ring (bicyclic) bond motifs is 1. The first-order valence-corrected chi connectivity index (χ1v) is 9.95. The van der Waals surface area contributed by atoms with Gasteiger partial charge in [0.2, 0.25) is 5.91 Å². The summed E-state index contributed by atoms with van der Waals surface area (Å²) < 4.78 is 7.38. The van der Waals surface area contributed by atoms with E-state index >= 15 is 0 Å². The lowest BCUT2D eigenvalue weighted by Crippen LogP contribution is -2.34. The Morgan fingerprint density at radius 2 is 1.93 bits per heavy atom. The van der Waals surface area contributed by atoms with Gasteiger partial charge in [-0.2, -0.15) is 5.10 Å². The molecular weight excluding hydrogens is 380 g/mol. The van der Waals surface area contributed by atoms with Crippen molar-refractivity contribution in [2.24, 2.45) is 0 Å². The lowest BCUT2D eigenvalue weighted by molar-refractivity contribution is -0.122. The predicted octanol–water partition coefficient (Wildman–Crippen LogP) is 3.40. The minimum Gasteiger partial charge on any atom is -0.493 e. The van der Waals surface area contributed by atoms with Crippen molar-refractivity contribution in [3.8, 4) is 16.9 Å². The van der Waals surface area contributed by atoms with E-state index in [1.807, 2.05) is 31.2 Å². The van der Waals surface area contributed by atoms with Gasteiger partial charge in [-0.3, -0.25) is 19.3 Å². The minimum absolute atomic E-state index is 0.0429. The Kier molecular flexibility index (Phi) is 5.35. The van der Waals surface area contributed by atoms with E-state index in [2.05, 4.69) is 21.5 Å². The van der Waals surface area contributed by atoms with Gasteiger partial charge in [0, 0.05) is 30.1 Å². The van der Waals surface area contributed by atoms with Gasteiger partial charge in [-0.15, -0.1) is 0 Å². The molecule has 3 aromatic rings. The standard InChI is InChI=1S/C23H24N4O3/c1-14-23(16(3)28)15(2)27(26-14)13-22(29)25-20-8-11-30-21-5-4-18(12-19(20)21)17-6-9-24-10-7-17/h4-7,9-10,12,20H,8,11,13H2,1-3H3,(H,25,29). The van der Waals surface area contributed by atoms with Crippen LogP contribution in [-0.4, -0.2) is 33.1 Å². The number of aromatic nitrogens is 3. The number of rotatable bonds is 5. The van der Waals surface area contributed by atoms with Crippen LogP contribution in [0, 0.1) is 13.8 Å². The van der Waals surface area contributed by atoms with Crippen molar-refractivity contribution in [1.29, 1.82) is 0 Å². The van der Waals surface area contributed by atoms with Gasteiger partial charge >= 0.3 is 0 Å². The second kappa shape index (κ2) is 8.10. The minimum atomic E-state index is -0.150. The number of aryl methyl sites for hydroxylation is 1. The van der Waals surface area contributed by atoms with Gasteiger partial charge in [-0.05, 0) is 56.2 Å². The van der Waals surface area contributed by atoms with Crippen LogP contribution in [0.15, 0.2) is 42.7 Å². The van der Waals surface area contributed by atoms with Crippen LogP contribution < -0.4 is 10.1 Å². The lowest BCUT2D eigenvalue weighted by atomic mass is 9.96. The molecule has 7 heteroatoms. The average molecular weight is 404 g/mol. The van der Waals surface area contributed by atoms with Gasteiger partial charge in [0.05, 0.1) is 23.9 Å². The Morgan fingerprint density at radius 1 is 1.17 bits per heavy atom. The summed E-state index contributed by atoms with van der Waals surface area (Å²) in [6.07, 6.45) is 4.21. The van der Waals surface area contributed by atoms with Crippen LogP contribution in [0.4, 0.5) is 0 Å². The zero-order chi connectivity index (χ0) is 21.3. The molecule has 0 spiro atoms. The first-order chi connectivity index (χ1) is 14.4. The molecule has 30 heavy (non-hydrogen) atoms. The SMILES string of the molecule is CC(=O)c1c(C)nn(CC(=O)NC2CCOc3ccc(-c4ccncc4)cc32)c1C. The Bertz CT molecular complexity index is 1110. The van der Waals surface area contributed by atoms with Crippen LogP contribution in [0.3, 0.4) is 0 Å². The van der Waals surface area contributed by atoms with Gasteiger partial charge in [0.25, 0.3) is 0 Å². The van der Waals surface area contributed by atoms with Crippen molar-refractivity contribution < 1.29 is 14.3 Å². The van der Waals surface area contributed by atoms with Gasteiger partial charge < -0.3 is 10.1 Å². The number of pyridine rings is 1. The van der Waals surface area contributed by atoms with Crippen LogP contribution in [-0.2, 0) is 11.3 Å². The van der Waals surface area contributed by atoms with E-state index in [9.17, 15) is 9.59 Å². The van der Waals surface area contributed by atoms with Crippen LogP contribution in [0.5, 0.6) is 5.75 Å². The fourth-order valence-electron chi connectivity index (χ4n) is 4.00. The molecule has 4 rings (SSSR count). The molecule has 1 aliphatic heterocycles. The maximum Gasteiger partial charge on any atom is 0.242 e. The molecular formula is C23H24N4O3. The number of hydrogen-bond donors (Lipinski definition) is 1. The number of ketones is 1. The zero-order valence-electron chi connectivity index (χ0n) is 17.3. The van der Waals surface area contributed by atoms with E-state index in [0.29, 0.717) is 30.0 Å². The third kappa shape index (κ3) is 3.83. The second-order valence-corrected chi connectivity index (χ2v) is 7.51. The number of hydrogen-bond acceptors (Lipinski definition) is 5. The van der Waals surface area contributed by atoms with E-state index in [1.165, 1.54) is 6.92 Å². The number of ether oxygens (including phenoxy) is 1. The predicted molar refractivity (Wildman–Crippen MR) is 112 cm³/mol. The number of carbonyl (C=O) groups is 2. The maximum absolute atomic E-state index is 12.8. The Hall–Kier alpha value is -3.48. The first kappa shape index (κ1) is 19.8. The van der Waals surface area contributed by atoms with Crippen LogP contribution in [0.25, 0.3) is 11.1 Å². The quantitative estimate of drug-likeness (QED) is 0.659. The largest absolute Gasteiger partial charge is 0.493 e. The highest BCUT2D eigenvalue weighted by molar-refractivity contribution is 5.96. The molecule has 0 radical (unpaired) electrons. The monoisotopic (exact) mass is 404 g/mol. The first-order valence-electron chi connectivity index (χ1n) is 9.95. The number of benzene rings is 1. The molecule has 0 saturated carbocycles. The highest BCUT2D eigenvalue weighted by Crippen LogP contribution is 2.35. The second-order valence-electron chi connectivity index (χ2n) is 7.51. The molecule has 7 nitrogen and oxygen atoms in total. The summed E-state index contributed by atoms with van der Waals surface area (Å²) in [5.74, 6) is 0.593. The van der Waals surface area contributed by atoms with Crippen LogP contribution >= 0.6 is 0 Å². The van der Waals surface area contributed by atoms with Crippen molar-refractivity contribution in [2.75, 3.05) is 6.61 Å². The fourth-order valence-corrected chi connectivity index (χ4v) is 4.00. The van der Waals surface area contributed by atoms with Crippen molar-refractivity contribution in [3.63, 3.8) is 0 Å². The molecule has 0 fully saturated rings. The molecule has 1 amide bonds. The Balaban J connectivity index is 1.55. The average Bonchev–Trinajstić information content (AvgIpc) is 3.01. The third-order valence-corrected chi connectivity index (χ3v) is 5.43. The van der Waals surface area contributed by atoms with Crippen molar-refractivity contribution in [2.45, 2.75) is 39.8 Å². The van der Waals surface area contributed by atoms with E-state index in [1.54, 1.807) is 24.0 Å². The number of nitrogens with one attached hydrogen (secondary N) is 1. The van der Waals surface area contributed by atoms with E-state index < -0.39 is 0 Å². The Morgan fingerprint density at radius 3 is 2.63 bits per heavy atom. The lowest BCUT2D eigenvalue weighted by Gasteiger charge is -2.27. The van der Waals surface area contributed by atoms with E-state index in [4.69, 9.17) is 4.74 Å². The Labute approximate surface area is 175 Å². The molecule has 1 unspecified atom stereocenters. The summed E-state index contributed by atoms with van der Waals surface area (Å²) in [5.41, 5.74) is 5.00. The molecule has 1 aliphatic rings. The van der Waals surface area contributed by atoms with Gasteiger partial charge in [-0.1, -0.05) is 6.07 Å². The van der Waals surface area contributed by atoms with Crippen molar-refractivity contribution in [1.82, 2.24) is 20.1 Å². The molecule has 154 valence electrons. The number of amides is 1. The van der Waals surface area contributed by atoms with E-state index in [-0.39, 0.29) is 24.3 Å². The summed E-state index contributed by atoms with van der Waals surface area (Å²) in [6, 6.07) is 9.78. The zero-order valence-corrected chi connectivity index (χ0v) is 17.3.